The first-order chi connectivity index (χ1) is 9.75. The molecule has 1 heterocycles. The fourth-order valence-electron chi connectivity index (χ4n) is 2.19. The maximum atomic E-state index is 5.67. The van der Waals surface area contributed by atoms with E-state index < -0.39 is 0 Å². The molecular weight excluding hydrogens is 250 g/mol. The Morgan fingerprint density at radius 3 is 2.60 bits per heavy atom. The third-order valence-corrected chi connectivity index (χ3v) is 3.24. The van der Waals surface area contributed by atoms with Crippen molar-refractivity contribution in [2.24, 2.45) is 5.92 Å². The predicted molar refractivity (Wildman–Crippen MR) is 83.1 cm³/mol. The molecule has 0 fully saturated rings. The molecule has 1 aliphatic rings. The lowest BCUT2D eigenvalue weighted by molar-refractivity contribution is 0.0819. The van der Waals surface area contributed by atoms with Gasteiger partial charge in [-0.05, 0) is 42.2 Å². The highest BCUT2D eigenvalue weighted by Crippen LogP contribution is 2.22. The van der Waals surface area contributed by atoms with Crippen LogP contribution in [0.3, 0.4) is 0 Å². The third kappa shape index (κ3) is 4.99. The number of benzene rings is 1. The summed E-state index contributed by atoms with van der Waals surface area (Å²) in [5, 5.41) is 3.33. The Balaban J connectivity index is 1.75. The maximum absolute atomic E-state index is 5.67. The monoisotopic (exact) mass is 275 g/mol. The summed E-state index contributed by atoms with van der Waals surface area (Å²) in [4.78, 5) is 0. The number of nitrogens with one attached hydrogen (secondary N) is 1. The van der Waals surface area contributed by atoms with E-state index in [0.717, 1.165) is 31.9 Å². The molecule has 20 heavy (non-hydrogen) atoms. The summed E-state index contributed by atoms with van der Waals surface area (Å²) < 4.78 is 11.2. The zero-order chi connectivity index (χ0) is 14.2. The molecule has 1 aliphatic heterocycles. The Kier molecular flexibility index (Phi) is 6.09. The Labute approximate surface area is 122 Å². The average Bonchev–Trinajstić information content (AvgIpc) is 2.48. The van der Waals surface area contributed by atoms with Crippen molar-refractivity contribution in [2.75, 3.05) is 32.9 Å². The van der Waals surface area contributed by atoms with Gasteiger partial charge >= 0.3 is 0 Å². The molecule has 0 aliphatic carbocycles. The van der Waals surface area contributed by atoms with Crippen molar-refractivity contribution in [2.45, 2.75) is 20.3 Å². The number of ether oxygens (including phenoxy) is 2. The van der Waals surface area contributed by atoms with Crippen molar-refractivity contribution in [1.82, 2.24) is 5.32 Å². The summed E-state index contributed by atoms with van der Waals surface area (Å²) in [6.07, 6.45) is 3.36. The molecule has 0 atom stereocenters. The third-order valence-electron chi connectivity index (χ3n) is 3.24. The summed E-state index contributed by atoms with van der Waals surface area (Å²) in [7, 11) is 0. The van der Waals surface area contributed by atoms with Crippen LogP contribution in [-0.2, 0) is 4.74 Å². The minimum Gasteiger partial charge on any atom is -0.491 e. The second-order valence-electron chi connectivity index (χ2n) is 5.53. The van der Waals surface area contributed by atoms with E-state index in [9.17, 15) is 0 Å². The van der Waals surface area contributed by atoms with Crippen LogP contribution < -0.4 is 10.1 Å². The average molecular weight is 275 g/mol. The number of hydrogen-bond donors (Lipinski definition) is 1. The summed E-state index contributed by atoms with van der Waals surface area (Å²) in [5.41, 5.74) is 2.73. The minimum atomic E-state index is 0.576. The first-order valence-corrected chi connectivity index (χ1v) is 7.46. The SMILES string of the molecule is CC(C)COCCOc1ccc(C2=CCNCC2)cc1. The van der Waals surface area contributed by atoms with Gasteiger partial charge in [-0.3, -0.25) is 0 Å². The predicted octanol–water partition coefficient (Wildman–Crippen LogP) is 3.11. The van der Waals surface area contributed by atoms with Crippen molar-refractivity contribution >= 4 is 5.57 Å². The normalized spacial score (nSPS) is 15.2. The summed E-state index contributed by atoms with van der Waals surface area (Å²) in [5.74, 6) is 1.49. The number of hydrogen-bond acceptors (Lipinski definition) is 3. The van der Waals surface area contributed by atoms with Gasteiger partial charge in [0.2, 0.25) is 0 Å². The van der Waals surface area contributed by atoms with Gasteiger partial charge in [0.15, 0.2) is 0 Å². The van der Waals surface area contributed by atoms with E-state index in [-0.39, 0.29) is 0 Å². The van der Waals surface area contributed by atoms with Crippen LogP contribution in [0.2, 0.25) is 0 Å². The van der Waals surface area contributed by atoms with Crippen molar-refractivity contribution in [1.29, 1.82) is 0 Å². The molecule has 0 radical (unpaired) electrons. The fraction of sp³-hybridized carbons (Fsp3) is 0.529. The molecule has 110 valence electrons. The molecule has 0 unspecified atom stereocenters. The molecule has 0 amide bonds. The molecule has 1 aromatic rings. The Morgan fingerprint density at radius 2 is 1.95 bits per heavy atom. The van der Waals surface area contributed by atoms with Crippen LogP contribution in [0.1, 0.15) is 25.8 Å². The Bertz CT molecular complexity index is 423. The van der Waals surface area contributed by atoms with Crippen molar-refractivity contribution < 1.29 is 9.47 Å². The first-order valence-electron chi connectivity index (χ1n) is 7.46. The molecule has 0 bridgehead atoms. The van der Waals surface area contributed by atoms with Gasteiger partial charge in [0.25, 0.3) is 0 Å². The van der Waals surface area contributed by atoms with Crippen LogP contribution in [-0.4, -0.2) is 32.9 Å². The van der Waals surface area contributed by atoms with Gasteiger partial charge < -0.3 is 14.8 Å². The van der Waals surface area contributed by atoms with Gasteiger partial charge in [-0.25, -0.2) is 0 Å². The second-order valence-corrected chi connectivity index (χ2v) is 5.53. The molecule has 0 saturated carbocycles. The van der Waals surface area contributed by atoms with Crippen LogP contribution >= 0.6 is 0 Å². The van der Waals surface area contributed by atoms with Crippen LogP contribution in [0, 0.1) is 5.92 Å². The summed E-state index contributed by atoms with van der Waals surface area (Å²) in [6, 6.07) is 8.37. The van der Waals surface area contributed by atoms with Gasteiger partial charge in [-0.15, -0.1) is 0 Å². The quantitative estimate of drug-likeness (QED) is 0.776. The van der Waals surface area contributed by atoms with E-state index >= 15 is 0 Å². The second kappa shape index (κ2) is 8.08. The fourth-order valence-corrected chi connectivity index (χ4v) is 2.19. The van der Waals surface area contributed by atoms with Crippen LogP contribution in [0.15, 0.2) is 30.3 Å². The van der Waals surface area contributed by atoms with Gasteiger partial charge in [-0.1, -0.05) is 32.1 Å². The molecule has 3 heteroatoms. The topological polar surface area (TPSA) is 30.5 Å². The number of rotatable bonds is 7. The molecule has 3 nitrogen and oxygen atoms in total. The van der Waals surface area contributed by atoms with E-state index in [1.165, 1.54) is 11.1 Å². The zero-order valence-corrected chi connectivity index (χ0v) is 12.5. The molecule has 1 aromatic carbocycles. The highest BCUT2D eigenvalue weighted by Gasteiger charge is 2.05. The lowest BCUT2D eigenvalue weighted by atomic mass is 10.0. The van der Waals surface area contributed by atoms with Gasteiger partial charge in [0, 0.05) is 13.2 Å². The molecule has 0 aromatic heterocycles. The Morgan fingerprint density at radius 1 is 1.15 bits per heavy atom. The van der Waals surface area contributed by atoms with Crippen LogP contribution in [0.4, 0.5) is 0 Å². The Hall–Kier alpha value is -1.32. The van der Waals surface area contributed by atoms with Gasteiger partial charge in [-0.2, -0.15) is 0 Å². The molecular formula is C17H25NO2. The van der Waals surface area contributed by atoms with Crippen molar-refractivity contribution in [3.63, 3.8) is 0 Å². The lowest BCUT2D eigenvalue weighted by Crippen LogP contribution is -2.19. The van der Waals surface area contributed by atoms with Gasteiger partial charge in [0.05, 0.1) is 6.61 Å². The van der Waals surface area contributed by atoms with E-state index in [2.05, 4.69) is 37.4 Å². The van der Waals surface area contributed by atoms with Crippen LogP contribution in [0.5, 0.6) is 5.75 Å². The van der Waals surface area contributed by atoms with E-state index in [4.69, 9.17) is 9.47 Å². The first kappa shape index (κ1) is 15.1. The highest BCUT2D eigenvalue weighted by molar-refractivity contribution is 5.67. The molecule has 2 rings (SSSR count). The molecule has 1 N–H and O–H groups in total. The zero-order valence-electron chi connectivity index (χ0n) is 12.5. The van der Waals surface area contributed by atoms with E-state index in [1.807, 2.05) is 12.1 Å². The summed E-state index contributed by atoms with van der Waals surface area (Å²) in [6.45, 7) is 8.39. The molecule has 0 saturated heterocycles. The summed E-state index contributed by atoms with van der Waals surface area (Å²) >= 11 is 0. The standard InChI is InChI=1S/C17H25NO2/c1-14(2)13-19-11-12-20-17-5-3-15(4-6-17)16-7-9-18-10-8-16/h3-7,14,18H,8-13H2,1-2H3. The lowest BCUT2D eigenvalue weighted by Gasteiger charge is -2.14. The van der Waals surface area contributed by atoms with Crippen molar-refractivity contribution in [3.05, 3.63) is 35.9 Å². The van der Waals surface area contributed by atoms with E-state index in [1.54, 1.807) is 0 Å². The largest absolute Gasteiger partial charge is 0.491 e. The molecule has 0 spiro atoms. The van der Waals surface area contributed by atoms with Gasteiger partial charge in [0.1, 0.15) is 12.4 Å². The minimum absolute atomic E-state index is 0.576. The maximum Gasteiger partial charge on any atom is 0.119 e. The van der Waals surface area contributed by atoms with Crippen molar-refractivity contribution in [3.8, 4) is 5.75 Å². The smallest absolute Gasteiger partial charge is 0.119 e. The highest BCUT2D eigenvalue weighted by atomic mass is 16.5. The van der Waals surface area contributed by atoms with Crippen LogP contribution in [0.25, 0.3) is 5.57 Å². The van der Waals surface area contributed by atoms with E-state index in [0.29, 0.717) is 19.1 Å².